The highest BCUT2D eigenvalue weighted by molar-refractivity contribution is 6.03. The van der Waals surface area contributed by atoms with Gasteiger partial charge in [-0.2, -0.15) is 0 Å². The number of carbonyl (C=O) groups excluding carboxylic acids is 1. The first-order chi connectivity index (χ1) is 10.2. The summed E-state index contributed by atoms with van der Waals surface area (Å²) in [4.78, 5) is 23.5. The molecule has 0 radical (unpaired) electrons. The number of aromatic amines is 1. The Bertz CT molecular complexity index is 780. The minimum absolute atomic E-state index is 0. The molecule has 3 heterocycles. The SMILES string of the molecule is CC(=O)c1c(-c2ccncc2)[nH]c(-c2ccncc2)c1C.O. The lowest BCUT2D eigenvalue weighted by Crippen LogP contribution is -1.95. The van der Waals surface area contributed by atoms with Crippen molar-refractivity contribution in [3.8, 4) is 22.5 Å². The van der Waals surface area contributed by atoms with Crippen LogP contribution >= 0.6 is 0 Å². The summed E-state index contributed by atoms with van der Waals surface area (Å²) in [6, 6.07) is 7.65. The Balaban J connectivity index is 0.00000176. The van der Waals surface area contributed by atoms with Crippen LogP contribution in [0.2, 0.25) is 0 Å². The largest absolute Gasteiger partial charge is 0.412 e. The molecule has 3 aromatic rings. The third kappa shape index (κ3) is 2.66. The molecule has 0 aliphatic heterocycles. The normalized spacial score (nSPS) is 10.1. The Hall–Kier alpha value is -2.79. The topological polar surface area (TPSA) is 90.1 Å². The standard InChI is InChI=1S/C17H15N3O.H2O/c1-11-15(12(2)21)17(14-5-9-19-10-6-14)20-16(11)13-3-7-18-8-4-13;/h3-10,20H,1-2H3;1H2. The van der Waals surface area contributed by atoms with Crippen LogP contribution in [0.5, 0.6) is 0 Å². The highest BCUT2D eigenvalue weighted by atomic mass is 16.1. The lowest BCUT2D eigenvalue weighted by molar-refractivity contribution is 0.101. The Morgan fingerprint density at radius 1 is 0.909 bits per heavy atom. The summed E-state index contributed by atoms with van der Waals surface area (Å²) >= 11 is 0. The minimum atomic E-state index is 0. The molecule has 3 aromatic heterocycles. The van der Waals surface area contributed by atoms with Gasteiger partial charge in [0, 0.05) is 47.2 Å². The number of nitrogens with one attached hydrogen (secondary N) is 1. The number of rotatable bonds is 3. The molecule has 0 aromatic carbocycles. The summed E-state index contributed by atoms with van der Waals surface area (Å²) in [5, 5.41) is 0. The third-order valence-electron chi connectivity index (χ3n) is 3.54. The average molecular weight is 295 g/mol. The number of ketones is 1. The van der Waals surface area contributed by atoms with Gasteiger partial charge >= 0.3 is 0 Å². The molecule has 5 heteroatoms. The third-order valence-corrected chi connectivity index (χ3v) is 3.54. The molecule has 0 aliphatic carbocycles. The second-order valence-electron chi connectivity index (χ2n) is 4.90. The van der Waals surface area contributed by atoms with E-state index in [9.17, 15) is 4.79 Å². The highest BCUT2D eigenvalue weighted by Gasteiger charge is 2.19. The van der Waals surface area contributed by atoms with Crippen LogP contribution in [-0.2, 0) is 0 Å². The minimum Gasteiger partial charge on any atom is -0.412 e. The van der Waals surface area contributed by atoms with E-state index in [1.165, 1.54) is 0 Å². The van der Waals surface area contributed by atoms with Crippen molar-refractivity contribution in [3.63, 3.8) is 0 Å². The Morgan fingerprint density at radius 3 is 1.82 bits per heavy atom. The van der Waals surface area contributed by atoms with E-state index in [2.05, 4.69) is 15.0 Å². The summed E-state index contributed by atoms with van der Waals surface area (Å²) in [5.74, 6) is 0.0517. The molecule has 5 nitrogen and oxygen atoms in total. The van der Waals surface area contributed by atoms with E-state index in [1.54, 1.807) is 31.7 Å². The van der Waals surface area contributed by atoms with Gasteiger partial charge in [0.1, 0.15) is 0 Å². The summed E-state index contributed by atoms with van der Waals surface area (Å²) in [7, 11) is 0. The number of carbonyl (C=O) groups is 1. The molecular weight excluding hydrogens is 278 g/mol. The number of hydrogen-bond acceptors (Lipinski definition) is 3. The van der Waals surface area contributed by atoms with E-state index < -0.39 is 0 Å². The van der Waals surface area contributed by atoms with E-state index in [4.69, 9.17) is 0 Å². The van der Waals surface area contributed by atoms with Gasteiger partial charge in [0.05, 0.1) is 5.69 Å². The van der Waals surface area contributed by atoms with E-state index in [1.807, 2.05) is 31.2 Å². The molecule has 0 atom stereocenters. The molecule has 0 fully saturated rings. The number of H-pyrrole nitrogens is 1. The molecule has 112 valence electrons. The molecule has 0 aliphatic rings. The Kier molecular flexibility index (Phi) is 4.48. The number of hydrogen-bond donors (Lipinski definition) is 1. The highest BCUT2D eigenvalue weighted by Crippen LogP contribution is 2.33. The number of aromatic nitrogens is 3. The zero-order valence-electron chi connectivity index (χ0n) is 12.4. The van der Waals surface area contributed by atoms with Crippen molar-refractivity contribution in [1.29, 1.82) is 0 Å². The van der Waals surface area contributed by atoms with Crippen LogP contribution in [0, 0.1) is 6.92 Å². The maximum absolute atomic E-state index is 12.1. The van der Waals surface area contributed by atoms with E-state index in [0.717, 1.165) is 33.6 Å². The fraction of sp³-hybridized carbons (Fsp3) is 0.118. The van der Waals surface area contributed by atoms with E-state index in [-0.39, 0.29) is 11.3 Å². The van der Waals surface area contributed by atoms with Crippen LogP contribution in [-0.4, -0.2) is 26.2 Å². The first-order valence-corrected chi connectivity index (χ1v) is 6.72. The summed E-state index contributed by atoms with van der Waals surface area (Å²) in [6.07, 6.45) is 6.94. The molecule has 0 spiro atoms. The molecule has 3 N–H and O–H groups in total. The first kappa shape index (κ1) is 15.6. The molecule has 22 heavy (non-hydrogen) atoms. The van der Waals surface area contributed by atoms with Crippen LogP contribution < -0.4 is 0 Å². The molecule has 0 unspecified atom stereocenters. The van der Waals surface area contributed by atoms with Crippen molar-refractivity contribution in [2.45, 2.75) is 13.8 Å². The van der Waals surface area contributed by atoms with Crippen molar-refractivity contribution >= 4 is 5.78 Å². The molecular formula is C17H17N3O2. The van der Waals surface area contributed by atoms with Crippen LogP contribution in [0.15, 0.2) is 49.1 Å². The van der Waals surface area contributed by atoms with Crippen molar-refractivity contribution in [2.75, 3.05) is 0 Å². The molecule has 3 rings (SSSR count). The zero-order valence-corrected chi connectivity index (χ0v) is 12.4. The van der Waals surface area contributed by atoms with Gasteiger partial charge in [-0.1, -0.05) is 0 Å². The second kappa shape index (κ2) is 6.32. The molecule has 0 saturated heterocycles. The average Bonchev–Trinajstić information content (AvgIpc) is 2.87. The molecule has 0 amide bonds. The van der Waals surface area contributed by atoms with Gasteiger partial charge in [-0.3, -0.25) is 14.8 Å². The van der Waals surface area contributed by atoms with Crippen molar-refractivity contribution < 1.29 is 10.3 Å². The lowest BCUT2D eigenvalue weighted by Gasteiger charge is -2.01. The smallest absolute Gasteiger partial charge is 0.162 e. The molecule has 0 saturated carbocycles. The maximum atomic E-state index is 12.1. The van der Waals surface area contributed by atoms with Gasteiger partial charge in [0.25, 0.3) is 0 Å². The van der Waals surface area contributed by atoms with Crippen molar-refractivity contribution in [3.05, 3.63) is 60.2 Å². The number of nitrogens with zero attached hydrogens (tertiary/aromatic N) is 2. The van der Waals surface area contributed by atoms with Crippen molar-refractivity contribution in [2.24, 2.45) is 0 Å². The second-order valence-corrected chi connectivity index (χ2v) is 4.90. The number of Topliss-reactive ketones (excluding diaryl/α,β-unsaturated/α-hetero) is 1. The van der Waals surface area contributed by atoms with Gasteiger partial charge in [-0.25, -0.2) is 0 Å². The first-order valence-electron chi connectivity index (χ1n) is 6.72. The van der Waals surface area contributed by atoms with Crippen molar-refractivity contribution in [1.82, 2.24) is 15.0 Å². The summed E-state index contributed by atoms with van der Waals surface area (Å²) in [5.41, 5.74) is 5.46. The lowest BCUT2D eigenvalue weighted by atomic mass is 10.0. The van der Waals surface area contributed by atoms with Crippen LogP contribution in [0.25, 0.3) is 22.5 Å². The van der Waals surface area contributed by atoms with Gasteiger partial charge in [-0.05, 0) is 43.7 Å². The molecule has 0 bridgehead atoms. The fourth-order valence-corrected chi connectivity index (χ4v) is 2.58. The zero-order chi connectivity index (χ0) is 14.8. The van der Waals surface area contributed by atoms with Gasteiger partial charge in [-0.15, -0.1) is 0 Å². The van der Waals surface area contributed by atoms with Gasteiger partial charge in [0.15, 0.2) is 5.78 Å². The fourth-order valence-electron chi connectivity index (χ4n) is 2.58. The predicted molar refractivity (Wildman–Crippen MR) is 85.6 cm³/mol. The maximum Gasteiger partial charge on any atom is 0.162 e. The number of pyridine rings is 2. The predicted octanol–water partition coefficient (Wildman–Crippen LogP) is 2.83. The van der Waals surface area contributed by atoms with Gasteiger partial charge < -0.3 is 10.5 Å². The monoisotopic (exact) mass is 295 g/mol. The Labute approximate surface area is 128 Å². The van der Waals surface area contributed by atoms with E-state index in [0.29, 0.717) is 0 Å². The van der Waals surface area contributed by atoms with Crippen LogP contribution in [0.4, 0.5) is 0 Å². The van der Waals surface area contributed by atoms with E-state index >= 15 is 0 Å². The quantitative estimate of drug-likeness (QED) is 0.753. The van der Waals surface area contributed by atoms with Crippen LogP contribution in [0.3, 0.4) is 0 Å². The van der Waals surface area contributed by atoms with Gasteiger partial charge in [0.2, 0.25) is 0 Å². The summed E-state index contributed by atoms with van der Waals surface area (Å²) < 4.78 is 0. The van der Waals surface area contributed by atoms with Crippen LogP contribution in [0.1, 0.15) is 22.8 Å². The summed E-state index contributed by atoms with van der Waals surface area (Å²) in [6.45, 7) is 3.56. The Morgan fingerprint density at radius 2 is 1.36 bits per heavy atom.